The largest absolute Gasteiger partial charge is 0.497 e. The smallest absolute Gasteiger partial charge is 0.317 e. The molecule has 0 heterocycles. The van der Waals surface area contributed by atoms with Crippen LogP contribution >= 0.6 is 11.8 Å². The van der Waals surface area contributed by atoms with Gasteiger partial charge in [-0.05, 0) is 43.3 Å². The number of carbonyl (C=O) groups is 2. The highest BCUT2D eigenvalue weighted by atomic mass is 32.2. The molecule has 0 aliphatic rings. The third-order valence-corrected chi connectivity index (χ3v) is 4.49. The number of ether oxygens (including phenoxy) is 2. The summed E-state index contributed by atoms with van der Waals surface area (Å²) in [6, 6.07) is 10.0. The maximum Gasteiger partial charge on any atom is 0.317 e. The topological polar surface area (TPSA) is 108 Å². The number of halogens is 1. The minimum atomic E-state index is -1.13. The summed E-state index contributed by atoms with van der Waals surface area (Å²) in [5.41, 5.74) is -0.744. The molecule has 148 valence electrons. The van der Waals surface area contributed by atoms with Gasteiger partial charge in [-0.3, -0.25) is 19.7 Å². The number of nitrogens with one attached hydrogen (secondary N) is 1. The van der Waals surface area contributed by atoms with Gasteiger partial charge in [-0.2, -0.15) is 4.39 Å². The van der Waals surface area contributed by atoms with E-state index >= 15 is 0 Å². The molecule has 0 aromatic heterocycles. The van der Waals surface area contributed by atoms with E-state index in [9.17, 15) is 24.1 Å². The standard InChI is InChI=1S/C18H17FN2O6S/c1-11(18(23)20-12-3-8-15(19)16(9-12)21(24)25)27-17(22)10-28-14-6-4-13(26-2)5-7-14/h3-9,11H,10H2,1-2H3,(H,20,23)/t11-/m0/s1. The van der Waals surface area contributed by atoms with Crippen molar-refractivity contribution in [2.45, 2.75) is 17.9 Å². The number of nitro groups is 1. The molecule has 0 radical (unpaired) electrons. The number of benzene rings is 2. The first-order valence-electron chi connectivity index (χ1n) is 8.01. The molecule has 28 heavy (non-hydrogen) atoms. The second-order valence-electron chi connectivity index (χ2n) is 5.51. The van der Waals surface area contributed by atoms with Crippen LogP contribution in [0.15, 0.2) is 47.4 Å². The van der Waals surface area contributed by atoms with Crippen molar-refractivity contribution in [1.29, 1.82) is 0 Å². The Balaban J connectivity index is 1.86. The van der Waals surface area contributed by atoms with Gasteiger partial charge in [-0.25, -0.2) is 0 Å². The zero-order chi connectivity index (χ0) is 20.7. The van der Waals surface area contributed by atoms with Gasteiger partial charge in [0.1, 0.15) is 5.75 Å². The lowest BCUT2D eigenvalue weighted by molar-refractivity contribution is -0.387. The highest BCUT2D eigenvalue weighted by Gasteiger charge is 2.20. The van der Waals surface area contributed by atoms with Crippen LogP contribution in [0.3, 0.4) is 0 Å². The van der Waals surface area contributed by atoms with Crippen molar-refractivity contribution in [2.24, 2.45) is 0 Å². The molecule has 2 aromatic rings. The first kappa shape index (κ1) is 21.2. The van der Waals surface area contributed by atoms with Crippen molar-refractivity contribution >= 4 is 35.0 Å². The lowest BCUT2D eigenvalue weighted by Crippen LogP contribution is -2.30. The van der Waals surface area contributed by atoms with Crippen LogP contribution < -0.4 is 10.1 Å². The summed E-state index contributed by atoms with van der Waals surface area (Å²) in [6.07, 6.45) is -1.13. The van der Waals surface area contributed by atoms with Crippen molar-refractivity contribution in [1.82, 2.24) is 0 Å². The van der Waals surface area contributed by atoms with E-state index in [4.69, 9.17) is 9.47 Å². The van der Waals surface area contributed by atoms with E-state index in [1.165, 1.54) is 24.8 Å². The fraction of sp³-hybridized carbons (Fsp3) is 0.222. The van der Waals surface area contributed by atoms with E-state index in [2.05, 4.69) is 5.32 Å². The summed E-state index contributed by atoms with van der Waals surface area (Å²) in [5, 5.41) is 13.1. The number of rotatable bonds is 8. The first-order chi connectivity index (χ1) is 13.3. The molecule has 0 aliphatic heterocycles. The van der Waals surface area contributed by atoms with Crippen LogP contribution in [-0.2, 0) is 14.3 Å². The second kappa shape index (κ2) is 9.70. The maximum absolute atomic E-state index is 13.3. The number of hydrogen-bond acceptors (Lipinski definition) is 7. The van der Waals surface area contributed by atoms with Gasteiger partial charge in [0.25, 0.3) is 5.91 Å². The molecule has 10 heteroatoms. The van der Waals surface area contributed by atoms with Gasteiger partial charge >= 0.3 is 11.7 Å². The number of carbonyl (C=O) groups excluding carboxylic acids is 2. The molecule has 0 bridgehead atoms. The number of nitro benzene ring substituents is 1. The third-order valence-electron chi connectivity index (χ3n) is 3.50. The molecule has 0 fully saturated rings. The quantitative estimate of drug-likeness (QED) is 0.309. The van der Waals surface area contributed by atoms with Crippen molar-refractivity contribution in [2.75, 3.05) is 18.2 Å². The maximum atomic E-state index is 13.3. The number of thioether (sulfide) groups is 1. The highest BCUT2D eigenvalue weighted by molar-refractivity contribution is 8.00. The summed E-state index contributed by atoms with van der Waals surface area (Å²) in [6.45, 7) is 1.36. The molecule has 1 amide bonds. The predicted molar refractivity (Wildman–Crippen MR) is 101 cm³/mol. The molecule has 1 N–H and O–H groups in total. The third kappa shape index (κ3) is 5.95. The van der Waals surface area contributed by atoms with E-state index < -0.39 is 34.4 Å². The Morgan fingerprint density at radius 1 is 1.25 bits per heavy atom. The zero-order valence-electron chi connectivity index (χ0n) is 15.0. The van der Waals surface area contributed by atoms with E-state index in [-0.39, 0.29) is 11.4 Å². The number of esters is 1. The first-order valence-corrected chi connectivity index (χ1v) is 9.00. The van der Waals surface area contributed by atoms with E-state index in [0.29, 0.717) is 5.75 Å². The second-order valence-corrected chi connectivity index (χ2v) is 6.56. The van der Waals surface area contributed by atoms with Gasteiger partial charge in [0.2, 0.25) is 5.82 Å². The highest BCUT2D eigenvalue weighted by Crippen LogP contribution is 2.23. The van der Waals surface area contributed by atoms with Crippen molar-refractivity contribution in [3.63, 3.8) is 0 Å². The number of anilines is 1. The fourth-order valence-corrected chi connectivity index (χ4v) is 2.75. The van der Waals surface area contributed by atoms with Crippen LogP contribution in [0.4, 0.5) is 15.8 Å². The minimum absolute atomic E-state index is 0.00797. The van der Waals surface area contributed by atoms with Crippen LogP contribution in [0.25, 0.3) is 0 Å². The minimum Gasteiger partial charge on any atom is -0.497 e. The van der Waals surface area contributed by atoms with Crippen molar-refractivity contribution in [3.8, 4) is 5.75 Å². The van der Waals surface area contributed by atoms with Gasteiger partial charge in [0, 0.05) is 16.6 Å². The Bertz CT molecular complexity index is 875. The molecule has 0 unspecified atom stereocenters. The van der Waals surface area contributed by atoms with Gasteiger partial charge < -0.3 is 14.8 Å². The van der Waals surface area contributed by atoms with Gasteiger partial charge in [-0.1, -0.05) is 0 Å². The number of methoxy groups -OCH3 is 1. The fourth-order valence-electron chi connectivity index (χ4n) is 2.07. The average Bonchev–Trinajstić information content (AvgIpc) is 2.67. The number of nitrogens with zero attached hydrogens (tertiary/aromatic N) is 1. The van der Waals surface area contributed by atoms with Crippen molar-refractivity contribution < 1.29 is 28.4 Å². The molecule has 0 saturated heterocycles. The van der Waals surface area contributed by atoms with E-state index in [0.717, 1.165) is 17.0 Å². The van der Waals surface area contributed by atoms with Gasteiger partial charge in [0.05, 0.1) is 17.8 Å². The number of amides is 1. The number of hydrogen-bond donors (Lipinski definition) is 1. The molecular weight excluding hydrogens is 391 g/mol. The molecule has 2 rings (SSSR count). The van der Waals surface area contributed by atoms with Crippen LogP contribution in [0.1, 0.15) is 6.92 Å². The van der Waals surface area contributed by atoms with Crippen LogP contribution in [0, 0.1) is 15.9 Å². The Hall–Kier alpha value is -3.14. The lowest BCUT2D eigenvalue weighted by Gasteiger charge is -2.13. The average molecular weight is 408 g/mol. The van der Waals surface area contributed by atoms with Crippen LogP contribution in [-0.4, -0.2) is 35.8 Å². The van der Waals surface area contributed by atoms with Crippen molar-refractivity contribution in [3.05, 3.63) is 58.4 Å². The summed E-state index contributed by atoms with van der Waals surface area (Å²) in [7, 11) is 1.55. The van der Waals surface area contributed by atoms with E-state index in [1.807, 2.05) is 0 Å². The van der Waals surface area contributed by atoms with Crippen LogP contribution in [0.5, 0.6) is 5.75 Å². The normalized spacial score (nSPS) is 11.4. The zero-order valence-corrected chi connectivity index (χ0v) is 15.8. The lowest BCUT2D eigenvalue weighted by atomic mass is 10.2. The Morgan fingerprint density at radius 3 is 2.54 bits per heavy atom. The summed E-state index contributed by atoms with van der Waals surface area (Å²) < 4.78 is 23.4. The summed E-state index contributed by atoms with van der Waals surface area (Å²) in [4.78, 5) is 34.7. The van der Waals surface area contributed by atoms with E-state index in [1.54, 1.807) is 31.4 Å². The summed E-state index contributed by atoms with van der Waals surface area (Å²) >= 11 is 1.23. The predicted octanol–water partition coefficient (Wildman–Crippen LogP) is 3.41. The van der Waals surface area contributed by atoms with Gasteiger partial charge in [-0.15, -0.1) is 11.8 Å². The molecule has 1 atom stereocenters. The summed E-state index contributed by atoms with van der Waals surface area (Å²) in [5.74, 6) is -1.63. The molecule has 0 aliphatic carbocycles. The SMILES string of the molecule is COc1ccc(SCC(=O)O[C@@H](C)C(=O)Nc2ccc(F)c([N+](=O)[O-])c2)cc1. The monoisotopic (exact) mass is 408 g/mol. The Morgan fingerprint density at radius 2 is 1.93 bits per heavy atom. The molecule has 0 saturated carbocycles. The Labute approximate surface area is 164 Å². The molecule has 2 aromatic carbocycles. The molecular formula is C18H17FN2O6S. The molecule has 8 nitrogen and oxygen atoms in total. The van der Waals surface area contributed by atoms with Gasteiger partial charge in [0.15, 0.2) is 6.10 Å². The Kier molecular flexibility index (Phi) is 7.33. The van der Waals surface area contributed by atoms with Crippen LogP contribution in [0.2, 0.25) is 0 Å². The molecule has 0 spiro atoms.